The van der Waals surface area contributed by atoms with Gasteiger partial charge in [0.15, 0.2) is 0 Å². The highest BCUT2D eigenvalue weighted by molar-refractivity contribution is 6.01. The van der Waals surface area contributed by atoms with Crippen molar-refractivity contribution in [2.45, 2.75) is 58.2 Å². The minimum absolute atomic E-state index is 0.0539. The summed E-state index contributed by atoms with van der Waals surface area (Å²) in [6.07, 6.45) is 5.16. The number of nitrogens with zero attached hydrogens (tertiary/aromatic N) is 1. The third kappa shape index (κ3) is 5.06. The van der Waals surface area contributed by atoms with Gasteiger partial charge in [0.1, 0.15) is 5.78 Å². The maximum Gasteiger partial charge on any atom is 0.236 e. The molecule has 1 heterocycles. The van der Waals surface area contributed by atoms with Gasteiger partial charge in [-0.2, -0.15) is 0 Å². The molecule has 0 aromatic heterocycles. The molecule has 1 rings (SSSR count). The summed E-state index contributed by atoms with van der Waals surface area (Å²) >= 11 is 0. The van der Waals surface area contributed by atoms with E-state index in [-0.39, 0.29) is 11.7 Å². The molecule has 5 nitrogen and oxygen atoms in total. The Hall–Kier alpha value is -1.20. The Bertz CT molecular complexity index is 365. The summed E-state index contributed by atoms with van der Waals surface area (Å²) < 4.78 is 0. The van der Waals surface area contributed by atoms with Gasteiger partial charge in [0, 0.05) is 19.2 Å². The Morgan fingerprint density at radius 2 is 1.95 bits per heavy atom. The first-order valence-corrected chi connectivity index (χ1v) is 7.29. The van der Waals surface area contributed by atoms with Crippen LogP contribution in [0.4, 0.5) is 0 Å². The molecule has 1 amide bonds. The van der Waals surface area contributed by atoms with Gasteiger partial charge < -0.3 is 15.1 Å². The van der Waals surface area contributed by atoms with Crippen LogP contribution in [-0.2, 0) is 9.59 Å². The average molecular weight is 283 g/mol. The molecule has 0 saturated carbocycles. The highest BCUT2D eigenvalue weighted by Crippen LogP contribution is 2.14. The molecule has 0 bridgehead atoms. The number of hydrogen-bond donors (Lipinski definition) is 2. The van der Waals surface area contributed by atoms with Crippen molar-refractivity contribution < 1.29 is 19.8 Å². The minimum Gasteiger partial charge on any atom is -0.391 e. The molecule has 3 atom stereocenters. The summed E-state index contributed by atoms with van der Waals surface area (Å²) in [6, 6.07) is 0. The van der Waals surface area contributed by atoms with Gasteiger partial charge in [-0.25, -0.2) is 0 Å². The first-order chi connectivity index (χ1) is 9.43. The van der Waals surface area contributed by atoms with Crippen molar-refractivity contribution in [1.82, 2.24) is 4.90 Å². The maximum absolute atomic E-state index is 12.0. The van der Waals surface area contributed by atoms with Crippen molar-refractivity contribution in [3.63, 3.8) is 0 Å². The number of hydrogen-bond acceptors (Lipinski definition) is 4. The van der Waals surface area contributed by atoms with Gasteiger partial charge in [-0.3, -0.25) is 9.59 Å². The summed E-state index contributed by atoms with van der Waals surface area (Å²) in [7, 11) is 0. The van der Waals surface area contributed by atoms with Crippen molar-refractivity contribution in [3.8, 4) is 0 Å². The van der Waals surface area contributed by atoms with E-state index in [0.717, 1.165) is 6.42 Å². The van der Waals surface area contributed by atoms with E-state index in [1.54, 1.807) is 24.9 Å². The van der Waals surface area contributed by atoms with E-state index < -0.39 is 18.1 Å². The molecule has 0 unspecified atom stereocenters. The Balaban J connectivity index is 2.24. The van der Waals surface area contributed by atoms with Gasteiger partial charge in [0.25, 0.3) is 0 Å². The lowest BCUT2D eigenvalue weighted by molar-refractivity contribution is -0.138. The highest BCUT2D eigenvalue weighted by Gasteiger charge is 2.25. The second-order valence-electron chi connectivity index (χ2n) is 5.45. The number of carbonyl (C=O) groups is 2. The van der Waals surface area contributed by atoms with Crippen LogP contribution in [0.5, 0.6) is 0 Å². The summed E-state index contributed by atoms with van der Waals surface area (Å²) in [4.78, 5) is 25.5. The number of Topliss-reactive ketones (excluding diaryl/α,β-unsaturated/α-hetero) is 1. The molecular formula is C15H25NO4. The molecule has 1 aliphatic rings. The molecule has 0 saturated heterocycles. The molecule has 2 N–H and O–H groups in total. The summed E-state index contributed by atoms with van der Waals surface area (Å²) in [6.45, 7) is 3.86. The Morgan fingerprint density at radius 3 is 2.50 bits per heavy atom. The van der Waals surface area contributed by atoms with Crippen LogP contribution in [0.3, 0.4) is 0 Å². The molecule has 1 aliphatic heterocycles. The molecule has 114 valence electrons. The topological polar surface area (TPSA) is 77.8 Å². The van der Waals surface area contributed by atoms with E-state index >= 15 is 0 Å². The van der Waals surface area contributed by atoms with Crippen LogP contribution in [0.15, 0.2) is 12.3 Å². The molecule has 20 heavy (non-hydrogen) atoms. The average Bonchev–Trinajstić information content (AvgIpc) is 2.95. The van der Waals surface area contributed by atoms with E-state index in [9.17, 15) is 14.7 Å². The predicted molar refractivity (Wildman–Crippen MR) is 75.8 cm³/mol. The van der Waals surface area contributed by atoms with Crippen LogP contribution >= 0.6 is 0 Å². The summed E-state index contributed by atoms with van der Waals surface area (Å²) in [5, 5.41) is 18.6. The number of unbranched alkanes of at least 4 members (excludes halogenated alkanes) is 1. The van der Waals surface area contributed by atoms with E-state index in [2.05, 4.69) is 0 Å². The molecule has 0 fully saturated rings. The van der Waals surface area contributed by atoms with E-state index in [1.165, 1.54) is 0 Å². The minimum atomic E-state index is -0.742. The van der Waals surface area contributed by atoms with Gasteiger partial charge in [-0.15, -0.1) is 0 Å². The fraction of sp³-hybridized carbons (Fsp3) is 0.733. The lowest BCUT2D eigenvalue weighted by Crippen LogP contribution is -2.33. The highest BCUT2D eigenvalue weighted by atomic mass is 16.3. The van der Waals surface area contributed by atoms with E-state index in [0.29, 0.717) is 32.2 Å². The maximum atomic E-state index is 12.0. The third-order valence-corrected chi connectivity index (χ3v) is 3.69. The number of amides is 1. The first kappa shape index (κ1) is 16.9. The smallest absolute Gasteiger partial charge is 0.236 e. The van der Waals surface area contributed by atoms with Gasteiger partial charge in [0.2, 0.25) is 5.91 Å². The first-order valence-electron chi connectivity index (χ1n) is 7.29. The van der Waals surface area contributed by atoms with Gasteiger partial charge in [-0.05, 0) is 33.1 Å². The fourth-order valence-electron chi connectivity index (χ4n) is 2.17. The molecular weight excluding hydrogens is 258 g/mol. The zero-order chi connectivity index (χ0) is 15.1. The predicted octanol–water partition coefficient (Wildman–Crippen LogP) is 1.24. The Labute approximate surface area is 120 Å². The third-order valence-electron chi connectivity index (χ3n) is 3.69. The van der Waals surface area contributed by atoms with Crippen molar-refractivity contribution in [3.05, 3.63) is 12.3 Å². The number of aliphatic hydroxyl groups excluding tert-OH is 2. The lowest BCUT2D eigenvalue weighted by Gasteiger charge is -2.18. The second-order valence-corrected chi connectivity index (χ2v) is 5.45. The van der Waals surface area contributed by atoms with Crippen LogP contribution in [0.2, 0.25) is 0 Å². The van der Waals surface area contributed by atoms with Crippen LogP contribution < -0.4 is 0 Å². The van der Waals surface area contributed by atoms with Crippen LogP contribution in [0.25, 0.3) is 0 Å². The monoisotopic (exact) mass is 283 g/mol. The molecule has 5 heteroatoms. The van der Waals surface area contributed by atoms with Crippen molar-refractivity contribution in [2.75, 3.05) is 6.54 Å². The van der Waals surface area contributed by atoms with Crippen LogP contribution in [0.1, 0.15) is 46.0 Å². The summed E-state index contributed by atoms with van der Waals surface area (Å²) in [5.41, 5.74) is 0. The Kier molecular flexibility index (Phi) is 6.88. The van der Waals surface area contributed by atoms with Crippen LogP contribution in [-0.4, -0.2) is 45.6 Å². The van der Waals surface area contributed by atoms with Gasteiger partial charge >= 0.3 is 0 Å². The molecule has 0 radical (unpaired) electrons. The van der Waals surface area contributed by atoms with E-state index in [1.807, 2.05) is 6.08 Å². The number of aliphatic hydroxyl groups is 2. The normalized spacial score (nSPS) is 18.9. The van der Waals surface area contributed by atoms with Gasteiger partial charge in [-0.1, -0.05) is 12.5 Å². The van der Waals surface area contributed by atoms with Crippen molar-refractivity contribution >= 4 is 11.7 Å². The van der Waals surface area contributed by atoms with Crippen molar-refractivity contribution in [1.29, 1.82) is 0 Å². The second kappa shape index (κ2) is 8.17. The zero-order valence-corrected chi connectivity index (χ0v) is 12.3. The molecule has 0 aliphatic carbocycles. The number of ketones is 1. The number of rotatable bonds is 8. The lowest BCUT2D eigenvalue weighted by atomic mass is 9.98. The zero-order valence-electron chi connectivity index (χ0n) is 12.3. The van der Waals surface area contributed by atoms with Gasteiger partial charge in [0.05, 0.1) is 18.1 Å². The number of carbonyl (C=O) groups excluding carboxylic acids is 2. The van der Waals surface area contributed by atoms with Crippen molar-refractivity contribution in [2.24, 2.45) is 5.92 Å². The molecule has 0 aromatic rings. The fourth-order valence-corrected chi connectivity index (χ4v) is 2.17. The molecule has 0 spiro atoms. The quantitative estimate of drug-likeness (QED) is 0.519. The Morgan fingerprint density at radius 1 is 1.25 bits per heavy atom. The summed E-state index contributed by atoms with van der Waals surface area (Å²) in [5.74, 6) is -0.783. The largest absolute Gasteiger partial charge is 0.391 e. The van der Waals surface area contributed by atoms with E-state index in [4.69, 9.17) is 5.11 Å². The molecule has 0 aromatic carbocycles. The standard InChI is InChI=1S/C15H25NO4/c1-11(15(20)16-9-5-6-10-16)13(18)7-3-4-8-14(19)12(2)17/h5,9,11-12,14,17,19H,3-4,6-8,10H2,1-2H3/t11-,12+,14+/m1/s1. The SMILES string of the molecule is C[C@H](C(=O)CCCC[C@H](O)[C@H](C)O)C(=O)N1C=CCC1. The van der Waals surface area contributed by atoms with Crippen LogP contribution in [0, 0.1) is 5.92 Å².